The van der Waals surface area contributed by atoms with E-state index in [1.807, 2.05) is 6.07 Å². The SMILES string of the molecule is O=C1CC2(C(=O)N1)C(=O)N(Cc1ccccc1Br)C(=O)c1cccn12. The van der Waals surface area contributed by atoms with E-state index < -0.39 is 29.2 Å². The van der Waals surface area contributed by atoms with Gasteiger partial charge < -0.3 is 4.57 Å². The van der Waals surface area contributed by atoms with E-state index in [2.05, 4.69) is 21.2 Å². The van der Waals surface area contributed by atoms with E-state index in [0.717, 1.165) is 14.9 Å². The van der Waals surface area contributed by atoms with Gasteiger partial charge in [0.2, 0.25) is 11.4 Å². The second kappa shape index (κ2) is 5.38. The van der Waals surface area contributed by atoms with E-state index in [9.17, 15) is 19.2 Å². The topological polar surface area (TPSA) is 88.5 Å². The van der Waals surface area contributed by atoms with Crippen LogP contribution in [0.5, 0.6) is 0 Å². The molecule has 1 aromatic heterocycles. The van der Waals surface area contributed by atoms with Crippen LogP contribution < -0.4 is 5.32 Å². The Morgan fingerprint density at radius 2 is 1.84 bits per heavy atom. The summed E-state index contributed by atoms with van der Waals surface area (Å²) in [5.74, 6) is -2.43. The van der Waals surface area contributed by atoms with Crippen molar-refractivity contribution >= 4 is 39.6 Å². The molecule has 4 rings (SSSR count). The van der Waals surface area contributed by atoms with Crippen LogP contribution in [0.15, 0.2) is 47.1 Å². The smallest absolute Gasteiger partial charge is 0.277 e. The number of hydrogen-bond acceptors (Lipinski definition) is 4. The molecule has 7 nitrogen and oxygen atoms in total. The van der Waals surface area contributed by atoms with Crippen molar-refractivity contribution in [1.29, 1.82) is 0 Å². The van der Waals surface area contributed by atoms with Gasteiger partial charge in [-0.1, -0.05) is 34.1 Å². The lowest BCUT2D eigenvalue weighted by Gasteiger charge is -2.37. The summed E-state index contributed by atoms with van der Waals surface area (Å²) in [4.78, 5) is 51.2. The molecule has 0 radical (unpaired) electrons. The normalized spacial score (nSPS) is 22.5. The predicted molar refractivity (Wildman–Crippen MR) is 89.2 cm³/mol. The Kier molecular flexibility index (Phi) is 3.40. The number of carbonyl (C=O) groups is 4. The Hall–Kier alpha value is -2.74. The number of imide groups is 2. The molecule has 1 spiro atoms. The van der Waals surface area contributed by atoms with Crippen LogP contribution in [0.3, 0.4) is 0 Å². The zero-order valence-corrected chi connectivity index (χ0v) is 14.4. The Bertz CT molecular complexity index is 951. The van der Waals surface area contributed by atoms with E-state index in [1.54, 1.807) is 30.3 Å². The van der Waals surface area contributed by atoms with Gasteiger partial charge in [-0.15, -0.1) is 0 Å². The van der Waals surface area contributed by atoms with Crippen molar-refractivity contribution < 1.29 is 19.2 Å². The summed E-state index contributed by atoms with van der Waals surface area (Å²) in [5, 5.41) is 2.18. The molecule has 0 aliphatic carbocycles. The average Bonchev–Trinajstić information content (AvgIpc) is 3.17. The number of rotatable bonds is 2. The number of nitrogens with zero attached hydrogens (tertiary/aromatic N) is 2. The number of nitrogens with one attached hydrogen (secondary N) is 1. The van der Waals surface area contributed by atoms with Crippen LogP contribution in [-0.2, 0) is 26.5 Å². The lowest BCUT2D eigenvalue weighted by atomic mass is 9.91. The summed E-state index contributed by atoms with van der Waals surface area (Å²) in [6, 6.07) is 10.3. The van der Waals surface area contributed by atoms with Gasteiger partial charge in [-0.3, -0.25) is 29.4 Å². The number of aromatic nitrogens is 1. The summed E-state index contributed by atoms with van der Waals surface area (Å²) in [6.45, 7) is 0.00743. The zero-order chi connectivity index (χ0) is 17.8. The summed E-state index contributed by atoms with van der Waals surface area (Å²) >= 11 is 3.40. The first kappa shape index (κ1) is 15.8. The van der Waals surface area contributed by atoms with Crippen LogP contribution in [0.4, 0.5) is 0 Å². The fourth-order valence-corrected chi connectivity index (χ4v) is 3.75. The molecule has 0 bridgehead atoms. The van der Waals surface area contributed by atoms with Gasteiger partial charge in [0.05, 0.1) is 13.0 Å². The lowest BCUT2D eigenvalue weighted by Crippen LogP contribution is -2.60. The molecule has 1 fully saturated rings. The summed E-state index contributed by atoms with van der Waals surface area (Å²) in [7, 11) is 0. The first-order valence-corrected chi connectivity index (χ1v) is 8.36. The summed E-state index contributed by atoms with van der Waals surface area (Å²) in [5.41, 5.74) is -0.800. The molecule has 126 valence electrons. The van der Waals surface area contributed by atoms with Gasteiger partial charge in [-0.2, -0.15) is 0 Å². The average molecular weight is 402 g/mol. The minimum Gasteiger partial charge on any atom is -0.320 e. The van der Waals surface area contributed by atoms with Crippen molar-refractivity contribution in [2.24, 2.45) is 0 Å². The molecule has 3 heterocycles. The first-order chi connectivity index (χ1) is 11.9. The fraction of sp³-hybridized carbons (Fsp3) is 0.176. The molecule has 1 saturated heterocycles. The van der Waals surface area contributed by atoms with Crippen LogP contribution in [-0.4, -0.2) is 33.1 Å². The highest BCUT2D eigenvalue weighted by atomic mass is 79.9. The highest BCUT2D eigenvalue weighted by molar-refractivity contribution is 9.10. The van der Waals surface area contributed by atoms with Gasteiger partial charge >= 0.3 is 0 Å². The maximum absolute atomic E-state index is 13.1. The molecule has 2 aliphatic rings. The van der Waals surface area contributed by atoms with Crippen LogP contribution in [0.2, 0.25) is 0 Å². The Morgan fingerprint density at radius 1 is 1.08 bits per heavy atom. The van der Waals surface area contributed by atoms with E-state index in [0.29, 0.717) is 0 Å². The minimum absolute atomic E-state index is 0.00743. The number of hydrogen-bond donors (Lipinski definition) is 1. The van der Waals surface area contributed by atoms with Crippen LogP contribution in [0.1, 0.15) is 22.5 Å². The molecule has 1 atom stereocenters. The third kappa shape index (κ3) is 2.10. The van der Waals surface area contributed by atoms with Crippen molar-refractivity contribution in [3.05, 3.63) is 58.3 Å². The Balaban J connectivity index is 1.84. The highest BCUT2D eigenvalue weighted by Crippen LogP contribution is 2.36. The molecular weight excluding hydrogens is 390 g/mol. The van der Waals surface area contributed by atoms with E-state index in [4.69, 9.17) is 0 Å². The number of benzene rings is 1. The van der Waals surface area contributed by atoms with Gasteiger partial charge in [0.1, 0.15) is 5.69 Å². The van der Waals surface area contributed by atoms with E-state index in [1.165, 1.54) is 10.8 Å². The maximum atomic E-state index is 13.1. The Labute approximate surface area is 150 Å². The molecule has 25 heavy (non-hydrogen) atoms. The van der Waals surface area contributed by atoms with Gasteiger partial charge in [0, 0.05) is 10.7 Å². The molecule has 0 saturated carbocycles. The monoisotopic (exact) mass is 401 g/mol. The van der Waals surface area contributed by atoms with Gasteiger partial charge in [0.25, 0.3) is 17.7 Å². The summed E-state index contributed by atoms with van der Waals surface area (Å²) < 4.78 is 2.06. The molecule has 4 amide bonds. The molecular formula is C17H12BrN3O4. The third-order valence-corrected chi connectivity index (χ3v) is 5.33. The van der Waals surface area contributed by atoms with Crippen molar-refractivity contribution in [3.8, 4) is 0 Å². The molecule has 1 N–H and O–H groups in total. The number of fused-ring (bicyclic) bond motifs is 2. The standard InChI is InChI=1S/C17H12BrN3O4/c18-11-5-2-1-4-10(11)9-20-14(23)12-6-3-7-21(12)17(16(20)25)8-13(22)19-15(17)24/h1-7H,8-9H2,(H,19,22,24). The fourth-order valence-electron chi connectivity index (χ4n) is 3.34. The van der Waals surface area contributed by atoms with E-state index in [-0.39, 0.29) is 18.7 Å². The van der Waals surface area contributed by atoms with Crippen molar-refractivity contribution in [2.45, 2.75) is 18.5 Å². The number of amides is 4. The van der Waals surface area contributed by atoms with Crippen molar-refractivity contribution in [3.63, 3.8) is 0 Å². The molecule has 2 aromatic rings. The van der Waals surface area contributed by atoms with Gasteiger partial charge in [0.15, 0.2) is 0 Å². The molecule has 2 aliphatic heterocycles. The second-order valence-electron chi connectivity index (χ2n) is 5.97. The summed E-state index contributed by atoms with van der Waals surface area (Å²) in [6.07, 6.45) is 1.17. The molecule has 1 aromatic carbocycles. The van der Waals surface area contributed by atoms with Crippen molar-refractivity contribution in [1.82, 2.24) is 14.8 Å². The minimum atomic E-state index is -1.73. The van der Waals surface area contributed by atoms with Gasteiger partial charge in [-0.25, -0.2) is 0 Å². The molecule has 1 unspecified atom stereocenters. The maximum Gasteiger partial charge on any atom is 0.277 e. The van der Waals surface area contributed by atoms with Crippen molar-refractivity contribution in [2.75, 3.05) is 0 Å². The van der Waals surface area contributed by atoms with Crippen LogP contribution in [0.25, 0.3) is 0 Å². The Morgan fingerprint density at radius 3 is 2.52 bits per heavy atom. The number of carbonyl (C=O) groups excluding carboxylic acids is 4. The second-order valence-corrected chi connectivity index (χ2v) is 6.82. The van der Waals surface area contributed by atoms with Gasteiger partial charge in [-0.05, 0) is 23.8 Å². The van der Waals surface area contributed by atoms with E-state index >= 15 is 0 Å². The lowest BCUT2D eigenvalue weighted by molar-refractivity contribution is -0.147. The number of halogens is 1. The largest absolute Gasteiger partial charge is 0.320 e. The highest BCUT2D eigenvalue weighted by Gasteiger charge is 2.60. The third-order valence-electron chi connectivity index (χ3n) is 4.55. The quantitative estimate of drug-likeness (QED) is 0.604. The van der Waals surface area contributed by atoms with Crippen LogP contribution in [0, 0.1) is 0 Å². The predicted octanol–water partition coefficient (Wildman–Crippen LogP) is 1.17. The first-order valence-electron chi connectivity index (χ1n) is 7.57. The zero-order valence-electron chi connectivity index (χ0n) is 12.9. The molecule has 8 heteroatoms. The van der Waals surface area contributed by atoms with Crippen LogP contribution >= 0.6 is 15.9 Å².